The maximum absolute atomic E-state index is 13.6. The van der Waals surface area contributed by atoms with Gasteiger partial charge in [0.2, 0.25) is 10.0 Å². The number of aromatic nitrogens is 2. The summed E-state index contributed by atoms with van der Waals surface area (Å²) in [5.74, 6) is -1.47. The second kappa shape index (κ2) is 14.4. The number of nitrogens with zero attached hydrogens (tertiary/aromatic N) is 2. The van der Waals surface area contributed by atoms with E-state index < -0.39 is 23.6 Å². The number of esters is 1. The third kappa shape index (κ3) is 7.04. The summed E-state index contributed by atoms with van der Waals surface area (Å²) in [4.78, 5) is 33.1. The first-order valence-corrected chi connectivity index (χ1v) is 15.0. The van der Waals surface area contributed by atoms with Crippen LogP contribution in [0, 0.1) is 11.6 Å². The van der Waals surface area contributed by atoms with Crippen LogP contribution >= 0.6 is 54.5 Å². The van der Waals surface area contributed by atoms with Crippen molar-refractivity contribution in [2.24, 2.45) is 0 Å². The molecule has 42 heavy (non-hydrogen) atoms. The summed E-state index contributed by atoms with van der Waals surface area (Å²) in [6.07, 6.45) is 1.19. The molecule has 2 aliphatic rings. The molecule has 0 saturated heterocycles. The number of halogens is 4. The molecule has 6 rings (SSSR count). The predicted octanol–water partition coefficient (Wildman–Crippen LogP) is 4.00. The molecule has 0 bridgehead atoms. The molecule has 0 aliphatic carbocycles. The summed E-state index contributed by atoms with van der Waals surface area (Å²) < 4.78 is 43.8. The van der Waals surface area contributed by atoms with Gasteiger partial charge in [0, 0.05) is 45.9 Å². The molecule has 216 valence electrons. The van der Waals surface area contributed by atoms with Gasteiger partial charge in [-0.2, -0.15) is 0 Å². The third-order valence-corrected chi connectivity index (χ3v) is 9.17. The fourth-order valence-corrected chi connectivity index (χ4v) is 6.54. The van der Waals surface area contributed by atoms with Gasteiger partial charge in [-0.3, -0.25) is 0 Å². The number of carbonyl (C=O) groups is 2. The zero-order valence-corrected chi connectivity index (χ0v) is 26.8. The Labute approximate surface area is 275 Å². The maximum Gasteiger partial charge on any atom is 1.00 e. The Hall–Kier alpha value is -2.38. The molecule has 9 nitrogen and oxygen atoms in total. The molecule has 4 aromatic rings. The molecule has 0 saturated carbocycles. The molecular formula is C26H19Br2F2LiN2O7S2. The van der Waals surface area contributed by atoms with E-state index in [1.807, 2.05) is 0 Å². The van der Waals surface area contributed by atoms with Crippen molar-refractivity contribution < 1.29 is 62.0 Å². The summed E-state index contributed by atoms with van der Waals surface area (Å²) in [5, 5.41) is 9.35. The van der Waals surface area contributed by atoms with Gasteiger partial charge in [0.05, 0.1) is 40.2 Å². The fraction of sp³-hybridized carbons (Fsp3) is 0.231. The number of fused-ring (bicyclic) bond motifs is 6. The van der Waals surface area contributed by atoms with Crippen molar-refractivity contribution in [3.8, 4) is 34.0 Å². The molecule has 0 fully saturated rings. The van der Waals surface area contributed by atoms with Gasteiger partial charge in [0.15, 0.2) is 0 Å². The molecule has 0 spiro atoms. The van der Waals surface area contributed by atoms with Gasteiger partial charge < -0.3 is 24.8 Å². The third-order valence-electron chi connectivity index (χ3n) is 5.76. The molecule has 0 radical (unpaired) electrons. The summed E-state index contributed by atoms with van der Waals surface area (Å²) in [6.45, 7) is 2.85. The van der Waals surface area contributed by atoms with Gasteiger partial charge >= 0.3 is 30.8 Å². The second-order valence-electron chi connectivity index (χ2n) is 8.33. The van der Waals surface area contributed by atoms with E-state index in [1.54, 1.807) is 19.1 Å². The molecule has 4 heterocycles. The van der Waals surface area contributed by atoms with Crippen molar-refractivity contribution in [1.82, 2.24) is 9.97 Å². The molecule has 2 aromatic heterocycles. The first-order valence-electron chi connectivity index (χ1n) is 11.8. The van der Waals surface area contributed by atoms with E-state index in [-0.39, 0.29) is 29.3 Å². The monoisotopic (exact) mass is 738 g/mol. The standard InChI is InChI=1S/C14H11BrFNO3S.C12H7BrFNO3S.Li.H2O/c1-2-19-14(18)13-17-12-7-5-8(15)9(16)6-10(7)20-4-3-11(12)21-13;13-6-3-5-8(4-7(6)14)18-2-1-9-10(5)15-11(19-9)12(16)17;;/h5-6H,2-4H2,1H3;3-4H,1-2H2,(H,16,17);;1H2/q;;+1;/p-1. The molecule has 0 unspecified atom stereocenters. The smallest absolute Gasteiger partial charge is 0.870 e. The quantitative estimate of drug-likeness (QED) is 0.244. The molecule has 2 N–H and O–H groups in total. The van der Waals surface area contributed by atoms with Crippen molar-refractivity contribution in [3.63, 3.8) is 0 Å². The zero-order chi connectivity index (χ0) is 28.6. The van der Waals surface area contributed by atoms with E-state index in [4.69, 9.17) is 19.3 Å². The van der Waals surface area contributed by atoms with Crippen LogP contribution in [-0.2, 0) is 17.6 Å². The van der Waals surface area contributed by atoms with E-state index in [2.05, 4.69) is 41.8 Å². The van der Waals surface area contributed by atoms with Gasteiger partial charge in [0.25, 0.3) is 0 Å². The molecule has 0 amide bonds. The van der Waals surface area contributed by atoms with E-state index in [0.717, 1.165) is 21.1 Å². The van der Waals surface area contributed by atoms with Crippen molar-refractivity contribution in [2.45, 2.75) is 19.8 Å². The average molecular weight is 740 g/mol. The SMILES string of the molecule is CCOC(=O)c1nc2c(s1)CCOc1cc(F)c(Br)cc1-2.O=C(O)c1nc2c(s1)CCOc1cc(F)c(Br)cc1-2.[Li+].[OH-]. The van der Waals surface area contributed by atoms with Crippen LogP contribution in [0.3, 0.4) is 0 Å². The molecule has 16 heteroatoms. The minimum Gasteiger partial charge on any atom is -0.870 e. The first kappa shape index (κ1) is 34.1. The molecule has 2 aliphatic heterocycles. The van der Waals surface area contributed by atoms with Crippen LogP contribution in [0.2, 0.25) is 0 Å². The van der Waals surface area contributed by atoms with Crippen LogP contribution in [0.1, 0.15) is 36.3 Å². The number of hydrogen-bond acceptors (Lipinski definition) is 10. The van der Waals surface area contributed by atoms with Gasteiger partial charge in [-0.15, -0.1) is 22.7 Å². The van der Waals surface area contributed by atoms with Crippen LogP contribution in [0.5, 0.6) is 11.5 Å². The Morgan fingerprint density at radius 2 is 1.36 bits per heavy atom. The van der Waals surface area contributed by atoms with E-state index >= 15 is 0 Å². The van der Waals surface area contributed by atoms with E-state index in [1.165, 1.54) is 23.5 Å². The number of thiazole rings is 2. The largest absolute Gasteiger partial charge is 1.00 e. The number of carbonyl (C=O) groups excluding carboxylic acids is 1. The van der Waals surface area contributed by atoms with Crippen molar-refractivity contribution >= 4 is 66.5 Å². The number of ether oxygens (including phenoxy) is 3. The first-order chi connectivity index (χ1) is 19.2. The van der Waals surface area contributed by atoms with Crippen LogP contribution < -0.4 is 28.3 Å². The predicted molar refractivity (Wildman–Crippen MR) is 154 cm³/mol. The van der Waals surface area contributed by atoms with Crippen molar-refractivity contribution in [2.75, 3.05) is 19.8 Å². The summed E-state index contributed by atoms with van der Waals surface area (Å²) in [6, 6.07) is 5.82. The van der Waals surface area contributed by atoms with Crippen LogP contribution in [0.15, 0.2) is 33.2 Å². The second-order valence-corrected chi connectivity index (χ2v) is 12.2. The fourth-order valence-electron chi connectivity index (χ4n) is 4.01. The van der Waals surface area contributed by atoms with Crippen LogP contribution in [0.25, 0.3) is 22.5 Å². The van der Waals surface area contributed by atoms with E-state index in [9.17, 15) is 18.4 Å². The minimum atomic E-state index is -1.05. The number of carboxylic acid groups (broad SMARTS) is 1. The number of benzene rings is 2. The summed E-state index contributed by atoms with van der Waals surface area (Å²) in [5.41, 5.74) is 2.53. The minimum absolute atomic E-state index is 0. The Balaban J connectivity index is 0.000000221. The van der Waals surface area contributed by atoms with Gasteiger partial charge in [-0.25, -0.2) is 28.3 Å². The van der Waals surface area contributed by atoms with Gasteiger partial charge in [-0.05, 0) is 50.9 Å². The Bertz CT molecular complexity index is 1650. The maximum atomic E-state index is 13.6. The number of rotatable bonds is 3. The number of hydrogen-bond donors (Lipinski definition) is 1. The topological polar surface area (TPSA) is 138 Å². The Morgan fingerprint density at radius 3 is 1.81 bits per heavy atom. The summed E-state index contributed by atoms with van der Waals surface area (Å²) >= 11 is 8.71. The zero-order valence-electron chi connectivity index (χ0n) is 22.0. The van der Waals surface area contributed by atoms with Crippen molar-refractivity contribution in [3.05, 3.63) is 64.6 Å². The van der Waals surface area contributed by atoms with Crippen LogP contribution in [-0.4, -0.2) is 52.3 Å². The van der Waals surface area contributed by atoms with Crippen molar-refractivity contribution in [1.29, 1.82) is 0 Å². The van der Waals surface area contributed by atoms with Gasteiger partial charge in [0.1, 0.15) is 23.1 Å². The number of carboxylic acids is 1. The Morgan fingerprint density at radius 1 is 0.905 bits per heavy atom. The van der Waals surface area contributed by atoms with Gasteiger partial charge in [-0.1, -0.05) is 0 Å². The molecule has 2 aromatic carbocycles. The molecular weight excluding hydrogens is 721 g/mol. The van der Waals surface area contributed by atoms with Crippen LogP contribution in [0.4, 0.5) is 8.78 Å². The van der Waals surface area contributed by atoms with E-state index in [0.29, 0.717) is 80.6 Å². The average Bonchev–Trinajstić information content (AvgIpc) is 3.45. The summed E-state index contributed by atoms with van der Waals surface area (Å²) in [7, 11) is 0. The normalized spacial score (nSPS) is 12.4. The number of aromatic carboxylic acids is 1. The Kier molecular flexibility index (Phi) is 11.7. The molecule has 0 atom stereocenters.